The van der Waals surface area contributed by atoms with Crippen molar-refractivity contribution < 1.29 is 49.5 Å². The summed E-state index contributed by atoms with van der Waals surface area (Å²) in [5, 5.41) is 4.62. The number of alkyl halides is 3. The molecule has 2 aromatic carbocycles. The number of fused-ring (bicyclic) bond motifs is 2. The fourth-order valence-electron chi connectivity index (χ4n) is 7.85. The lowest BCUT2D eigenvalue weighted by atomic mass is 9.83. The topological polar surface area (TPSA) is 122 Å². The quantitative estimate of drug-likeness (QED) is 0.281. The van der Waals surface area contributed by atoms with E-state index >= 15 is 4.39 Å². The molecule has 3 amide bonds. The van der Waals surface area contributed by atoms with Crippen molar-refractivity contribution in [3.05, 3.63) is 70.3 Å². The van der Waals surface area contributed by atoms with E-state index in [-0.39, 0.29) is 41.7 Å². The monoisotopic (exact) mass is 709 g/mol. The first-order valence-corrected chi connectivity index (χ1v) is 18.1. The zero-order chi connectivity index (χ0) is 35.4. The number of allylic oxidation sites excluding steroid dienone is 1. The molecule has 1 heterocycles. The van der Waals surface area contributed by atoms with Gasteiger partial charge in [-0.1, -0.05) is 24.5 Å². The van der Waals surface area contributed by atoms with Crippen molar-refractivity contribution in [2.45, 2.75) is 56.0 Å². The number of anilines is 1. The number of carbonyl (C=O) groups is 3. The standard InChI is InChI=1S/C34H36F5N3O6S/c1-48-30-24(12-18(13-27(30)36)33(45)42-15-20(16-42)49(2,46)47)31(43)41-29-22-9-8-21(23(22)11-17-5-3-4-6-17)28(29)32(44)40-19-7-10-26(35)25(14-19)34(37,38)39/h7,10-14,17,20-22,28-29H,3-6,8-9,15-16H2,1-2H3,(H,40,44)(H,41,43)/b23-11-/t21-,22+,28-,29+/m0/s1. The molecule has 3 saturated carbocycles. The van der Waals surface area contributed by atoms with Crippen LogP contribution in [0.1, 0.15) is 64.8 Å². The molecular weight excluding hydrogens is 673 g/mol. The van der Waals surface area contributed by atoms with Gasteiger partial charge in [0.25, 0.3) is 11.8 Å². The maximum absolute atomic E-state index is 15.3. The Morgan fingerprint density at radius 2 is 1.63 bits per heavy atom. The number of amides is 3. The Morgan fingerprint density at radius 3 is 2.27 bits per heavy atom. The maximum atomic E-state index is 15.3. The number of hydrogen-bond donors (Lipinski definition) is 2. The number of methoxy groups -OCH3 is 1. The normalized spacial score (nSPS) is 25.0. The minimum Gasteiger partial charge on any atom is -0.493 e. The van der Waals surface area contributed by atoms with Gasteiger partial charge in [-0.15, -0.1) is 0 Å². The summed E-state index contributed by atoms with van der Waals surface area (Å²) < 4.78 is 98.3. The third-order valence-corrected chi connectivity index (χ3v) is 11.9. The molecule has 0 radical (unpaired) electrons. The molecule has 264 valence electrons. The molecule has 0 spiro atoms. The molecule has 2 bridgehead atoms. The highest BCUT2D eigenvalue weighted by Gasteiger charge is 2.55. The van der Waals surface area contributed by atoms with Gasteiger partial charge in [-0.2, -0.15) is 13.2 Å². The van der Waals surface area contributed by atoms with Crippen molar-refractivity contribution in [3.8, 4) is 5.75 Å². The molecule has 2 aromatic rings. The maximum Gasteiger partial charge on any atom is 0.419 e. The molecule has 2 N–H and O–H groups in total. The molecule has 6 rings (SSSR count). The molecule has 4 atom stereocenters. The molecule has 0 unspecified atom stereocenters. The largest absolute Gasteiger partial charge is 0.493 e. The Labute approximate surface area is 280 Å². The van der Waals surface area contributed by atoms with E-state index in [4.69, 9.17) is 4.74 Å². The summed E-state index contributed by atoms with van der Waals surface area (Å²) in [6.07, 6.45) is 3.56. The van der Waals surface area contributed by atoms with Crippen LogP contribution >= 0.6 is 0 Å². The summed E-state index contributed by atoms with van der Waals surface area (Å²) in [7, 11) is -2.23. The Balaban J connectivity index is 1.29. The zero-order valence-electron chi connectivity index (χ0n) is 26.8. The number of halogens is 5. The van der Waals surface area contributed by atoms with Crippen LogP contribution in [0.15, 0.2) is 42.0 Å². The van der Waals surface area contributed by atoms with Crippen LogP contribution in [0.5, 0.6) is 5.75 Å². The first kappa shape index (κ1) is 34.8. The summed E-state index contributed by atoms with van der Waals surface area (Å²) in [6.45, 7) is -0.160. The molecule has 0 aromatic heterocycles. The Bertz CT molecular complexity index is 1820. The van der Waals surface area contributed by atoms with Gasteiger partial charge in [-0.25, -0.2) is 17.2 Å². The smallest absolute Gasteiger partial charge is 0.419 e. The molecule has 1 aliphatic heterocycles. The van der Waals surface area contributed by atoms with Gasteiger partial charge in [0.15, 0.2) is 21.4 Å². The van der Waals surface area contributed by atoms with Gasteiger partial charge in [0.05, 0.1) is 29.4 Å². The van der Waals surface area contributed by atoms with Crippen LogP contribution in [0.3, 0.4) is 0 Å². The van der Waals surface area contributed by atoms with Crippen molar-refractivity contribution >= 4 is 33.2 Å². The van der Waals surface area contributed by atoms with Crippen molar-refractivity contribution in [2.24, 2.45) is 23.7 Å². The number of benzene rings is 2. The number of nitrogens with one attached hydrogen (secondary N) is 2. The number of rotatable bonds is 8. The fraction of sp³-hybridized carbons (Fsp3) is 0.500. The van der Waals surface area contributed by atoms with Crippen LogP contribution in [0.2, 0.25) is 0 Å². The molecule has 4 fully saturated rings. The lowest BCUT2D eigenvalue weighted by Gasteiger charge is -2.38. The van der Waals surface area contributed by atoms with E-state index in [1.165, 1.54) is 4.90 Å². The molecule has 1 saturated heterocycles. The zero-order valence-corrected chi connectivity index (χ0v) is 27.6. The molecule has 9 nitrogen and oxygen atoms in total. The predicted molar refractivity (Wildman–Crippen MR) is 169 cm³/mol. The van der Waals surface area contributed by atoms with E-state index in [2.05, 4.69) is 16.7 Å². The molecule has 4 aliphatic rings. The van der Waals surface area contributed by atoms with E-state index in [0.29, 0.717) is 30.9 Å². The molecule has 49 heavy (non-hydrogen) atoms. The number of nitrogens with zero attached hydrogens (tertiary/aromatic N) is 1. The second-order valence-electron chi connectivity index (χ2n) is 13.4. The van der Waals surface area contributed by atoms with E-state index in [1.807, 2.05) is 0 Å². The second-order valence-corrected chi connectivity index (χ2v) is 15.7. The van der Waals surface area contributed by atoms with Crippen molar-refractivity contribution in [1.82, 2.24) is 10.2 Å². The molecular formula is C34H36F5N3O6S. The lowest BCUT2D eigenvalue weighted by Crippen LogP contribution is -2.56. The number of sulfone groups is 1. The first-order chi connectivity index (χ1) is 23.1. The average Bonchev–Trinajstić information content (AvgIpc) is 3.72. The summed E-state index contributed by atoms with van der Waals surface area (Å²) in [6, 6.07) is 3.41. The van der Waals surface area contributed by atoms with Gasteiger partial charge in [-0.3, -0.25) is 14.4 Å². The number of hydrogen-bond acceptors (Lipinski definition) is 6. The Morgan fingerprint density at radius 1 is 0.959 bits per heavy atom. The Kier molecular flexibility index (Phi) is 9.26. The summed E-state index contributed by atoms with van der Waals surface area (Å²) in [5.41, 5.74) is -1.31. The van der Waals surface area contributed by atoms with Gasteiger partial charge < -0.3 is 20.3 Å². The minimum atomic E-state index is -4.99. The summed E-state index contributed by atoms with van der Waals surface area (Å²) in [4.78, 5) is 42.1. The van der Waals surface area contributed by atoms with E-state index in [0.717, 1.165) is 62.8 Å². The molecule has 3 aliphatic carbocycles. The number of carbonyl (C=O) groups excluding carboxylic acids is 3. The Hall–Kier alpha value is -4.01. The van der Waals surface area contributed by atoms with Crippen LogP contribution in [0.25, 0.3) is 0 Å². The third kappa shape index (κ3) is 6.78. The van der Waals surface area contributed by atoms with E-state index in [9.17, 15) is 40.4 Å². The summed E-state index contributed by atoms with van der Waals surface area (Å²) in [5.74, 6) is -6.31. The van der Waals surface area contributed by atoms with Gasteiger partial charge in [0.1, 0.15) is 5.82 Å². The second kappa shape index (κ2) is 13.0. The number of likely N-dealkylation sites (tertiary alicyclic amines) is 1. The highest BCUT2D eigenvalue weighted by atomic mass is 32.2. The highest BCUT2D eigenvalue weighted by Crippen LogP contribution is 2.54. The van der Waals surface area contributed by atoms with Crippen LogP contribution in [0, 0.1) is 35.3 Å². The van der Waals surface area contributed by atoms with Crippen LogP contribution in [-0.4, -0.2) is 68.8 Å². The van der Waals surface area contributed by atoms with Gasteiger partial charge in [0, 0.05) is 42.6 Å². The fourth-order valence-corrected chi connectivity index (χ4v) is 8.75. The van der Waals surface area contributed by atoms with Gasteiger partial charge in [-0.05, 0) is 67.9 Å². The molecule has 15 heteroatoms. The van der Waals surface area contributed by atoms with Crippen molar-refractivity contribution in [1.29, 1.82) is 0 Å². The SMILES string of the molecule is COc1c(F)cc(C(=O)N2CC(S(C)(=O)=O)C2)cc1C(=O)N[C@H]1[C@@H](C(=O)Nc2ccc(F)c(C(F)(F)F)c2)[C@H]2CC[C@@H]1/C2=C\C1CCCC1. The van der Waals surface area contributed by atoms with Crippen LogP contribution in [-0.2, 0) is 20.8 Å². The number of ether oxygens (including phenoxy) is 1. The lowest BCUT2D eigenvalue weighted by molar-refractivity contribution is -0.140. The van der Waals surface area contributed by atoms with Gasteiger partial charge >= 0.3 is 6.18 Å². The van der Waals surface area contributed by atoms with Crippen LogP contribution < -0.4 is 15.4 Å². The van der Waals surface area contributed by atoms with E-state index < -0.39 is 73.9 Å². The van der Waals surface area contributed by atoms with Crippen molar-refractivity contribution in [3.63, 3.8) is 0 Å². The van der Waals surface area contributed by atoms with Gasteiger partial charge in [0.2, 0.25) is 5.91 Å². The summed E-state index contributed by atoms with van der Waals surface area (Å²) >= 11 is 0. The van der Waals surface area contributed by atoms with Crippen LogP contribution in [0.4, 0.5) is 27.6 Å². The minimum absolute atomic E-state index is 0.0800. The average molecular weight is 710 g/mol. The first-order valence-electron chi connectivity index (χ1n) is 16.1. The highest BCUT2D eigenvalue weighted by molar-refractivity contribution is 7.91. The third-order valence-electron chi connectivity index (χ3n) is 10.3. The predicted octanol–water partition coefficient (Wildman–Crippen LogP) is 5.37. The van der Waals surface area contributed by atoms with Crippen molar-refractivity contribution in [2.75, 3.05) is 31.8 Å². The van der Waals surface area contributed by atoms with E-state index in [1.54, 1.807) is 0 Å².